The van der Waals surface area contributed by atoms with E-state index in [0.29, 0.717) is 12.0 Å². The molecule has 16 heavy (non-hydrogen) atoms. The van der Waals surface area contributed by atoms with Crippen molar-refractivity contribution in [3.8, 4) is 0 Å². The summed E-state index contributed by atoms with van der Waals surface area (Å²) in [4.78, 5) is 6.71. The average Bonchev–Trinajstić information content (AvgIpc) is 2.29. The highest BCUT2D eigenvalue weighted by Crippen LogP contribution is 2.22. The predicted molar refractivity (Wildman–Crippen MR) is 67.8 cm³/mol. The molecule has 88 valence electrons. The lowest BCUT2D eigenvalue weighted by molar-refractivity contribution is 0.339. The van der Waals surface area contributed by atoms with Gasteiger partial charge in [0.2, 0.25) is 0 Å². The number of aromatic nitrogens is 1. The first kappa shape index (κ1) is 11.4. The van der Waals surface area contributed by atoms with Crippen molar-refractivity contribution in [2.24, 2.45) is 5.92 Å². The smallest absolute Gasteiger partial charge is 0.0555 e. The summed E-state index contributed by atoms with van der Waals surface area (Å²) in [6.45, 7) is 6.66. The van der Waals surface area contributed by atoms with Gasteiger partial charge in [-0.1, -0.05) is 6.92 Å². The zero-order valence-electron chi connectivity index (χ0n) is 10.4. The Bertz CT molecular complexity index is 351. The van der Waals surface area contributed by atoms with E-state index in [9.17, 15) is 0 Å². The molecule has 3 nitrogen and oxygen atoms in total. The third-order valence-electron chi connectivity index (χ3n) is 3.50. The van der Waals surface area contributed by atoms with Gasteiger partial charge in [0.1, 0.15) is 0 Å². The van der Waals surface area contributed by atoms with Gasteiger partial charge in [-0.2, -0.15) is 0 Å². The van der Waals surface area contributed by atoms with E-state index >= 15 is 0 Å². The molecule has 1 aromatic rings. The Morgan fingerprint density at radius 2 is 2.25 bits per heavy atom. The molecule has 0 saturated carbocycles. The second kappa shape index (κ2) is 4.83. The zero-order chi connectivity index (χ0) is 11.5. The Morgan fingerprint density at radius 3 is 2.88 bits per heavy atom. The number of nitrogens with one attached hydrogen (secondary N) is 1. The molecule has 1 aliphatic rings. The molecule has 1 aliphatic heterocycles. The lowest BCUT2D eigenvalue weighted by atomic mass is 9.94. The zero-order valence-corrected chi connectivity index (χ0v) is 10.4. The Kier molecular flexibility index (Phi) is 3.44. The number of anilines is 1. The van der Waals surface area contributed by atoms with Crippen molar-refractivity contribution >= 4 is 5.69 Å². The van der Waals surface area contributed by atoms with Gasteiger partial charge in [0.15, 0.2) is 0 Å². The fourth-order valence-electron chi connectivity index (χ4n) is 2.52. The van der Waals surface area contributed by atoms with E-state index in [2.05, 4.69) is 42.2 Å². The average molecular weight is 219 g/mol. The van der Waals surface area contributed by atoms with Gasteiger partial charge in [0, 0.05) is 25.3 Å². The van der Waals surface area contributed by atoms with Gasteiger partial charge < -0.3 is 10.2 Å². The molecular weight excluding hydrogens is 198 g/mol. The number of hydrogen-bond donors (Lipinski definition) is 1. The molecule has 0 bridgehead atoms. The summed E-state index contributed by atoms with van der Waals surface area (Å²) < 4.78 is 0. The van der Waals surface area contributed by atoms with Crippen LogP contribution in [0.1, 0.15) is 18.9 Å². The first-order valence-electron chi connectivity index (χ1n) is 6.04. The van der Waals surface area contributed by atoms with E-state index in [0.717, 1.165) is 13.1 Å². The van der Waals surface area contributed by atoms with Crippen LogP contribution in [-0.4, -0.2) is 31.2 Å². The van der Waals surface area contributed by atoms with Gasteiger partial charge in [-0.15, -0.1) is 0 Å². The third-order valence-corrected chi connectivity index (χ3v) is 3.50. The third kappa shape index (κ3) is 2.35. The number of pyridine rings is 1. The molecule has 1 saturated heterocycles. The molecule has 0 spiro atoms. The SMILES string of the molecule is CNC1CCN(c2cncc(C)c2)CC1C. The molecule has 0 amide bonds. The Hall–Kier alpha value is -1.09. The van der Waals surface area contributed by atoms with Gasteiger partial charge in [-0.25, -0.2) is 0 Å². The maximum Gasteiger partial charge on any atom is 0.0555 e. The number of hydrogen-bond acceptors (Lipinski definition) is 3. The van der Waals surface area contributed by atoms with Crippen molar-refractivity contribution in [2.45, 2.75) is 26.3 Å². The standard InChI is InChI=1S/C13H21N3/c1-10-6-12(8-15-7-10)16-5-4-13(14-3)11(2)9-16/h6-8,11,13-14H,4-5,9H2,1-3H3. The summed E-state index contributed by atoms with van der Waals surface area (Å²) in [5, 5.41) is 3.39. The molecule has 2 unspecified atom stereocenters. The van der Waals surface area contributed by atoms with E-state index in [1.54, 1.807) is 0 Å². The number of aryl methyl sites for hydroxylation is 1. The quantitative estimate of drug-likeness (QED) is 0.822. The normalized spacial score (nSPS) is 25.8. The minimum atomic E-state index is 0.661. The molecule has 2 rings (SSSR count). The fourth-order valence-corrected chi connectivity index (χ4v) is 2.52. The highest BCUT2D eigenvalue weighted by Gasteiger charge is 2.24. The Morgan fingerprint density at radius 1 is 1.44 bits per heavy atom. The molecule has 0 radical (unpaired) electrons. The second-order valence-electron chi connectivity index (χ2n) is 4.83. The molecule has 0 aromatic carbocycles. The lowest BCUT2D eigenvalue weighted by Crippen LogP contribution is -2.47. The highest BCUT2D eigenvalue weighted by molar-refractivity contribution is 5.46. The van der Waals surface area contributed by atoms with Gasteiger partial charge in [0.25, 0.3) is 0 Å². The molecule has 2 heterocycles. The van der Waals surface area contributed by atoms with E-state index in [1.807, 2.05) is 12.4 Å². The monoisotopic (exact) mass is 219 g/mol. The summed E-state index contributed by atoms with van der Waals surface area (Å²) in [7, 11) is 2.06. The predicted octanol–water partition coefficient (Wildman–Crippen LogP) is 1.82. The summed E-state index contributed by atoms with van der Waals surface area (Å²) in [6, 6.07) is 2.88. The topological polar surface area (TPSA) is 28.2 Å². The van der Waals surface area contributed by atoms with Crippen molar-refractivity contribution in [1.29, 1.82) is 0 Å². The molecule has 1 N–H and O–H groups in total. The van der Waals surface area contributed by atoms with Crippen molar-refractivity contribution in [2.75, 3.05) is 25.0 Å². The molecule has 0 aliphatic carbocycles. The van der Waals surface area contributed by atoms with Crippen LogP contribution in [0.3, 0.4) is 0 Å². The van der Waals surface area contributed by atoms with Gasteiger partial charge in [-0.3, -0.25) is 4.98 Å². The molecule has 1 aromatic heterocycles. The van der Waals surface area contributed by atoms with Crippen LogP contribution >= 0.6 is 0 Å². The summed E-state index contributed by atoms with van der Waals surface area (Å²) in [5.74, 6) is 0.694. The molecular formula is C13H21N3. The summed E-state index contributed by atoms with van der Waals surface area (Å²) >= 11 is 0. The van der Waals surface area contributed by atoms with E-state index in [4.69, 9.17) is 0 Å². The Labute approximate surface area is 97.9 Å². The van der Waals surface area contributed by atoms with E-state index in [1.165, 1.54) is 17.7 Å². The number of nitrogens with zero attached hydrogens (tertiary/aromatic N) is 2. The van der Waals surface area contributed by atoms with Crippen molar-refractivity contribution in [3.63, 3.8) is 0 Å². The van der Waals surface area contributed by atoms with Gasteiger partial charge >= 0.3 is 0 Å². The van der Waals surface area contributed by atoms with Crippen LogP contribution < -0.4 is 10.2 Å². The van der Waals surface area contributed by atoms with E-state index < -0.39 is 0 Å². The van der Waals surface area contributed by atoms with E-state index in [-0.39, 0.29) is 0 Å². The van der Waals surface area contributed by atoms with Crippen LogP contribution in [0.2, 0.25) is 0 Å². The minimum Gasteiger partial charge on any atom is -0.370 e. The first-order chi connectivity index (χ1) is 7.70. The Balaban J connectivity index is 2.07. The van der Waals surface area contributed by atoms with Crippen LogP contribution in [0.25, 0.3) is 0 Å². The van der Waals surface area contributed by atoms with Crippen LogP contribution in [0.4, 0.5) is 5.69 Å². The van der Waals surface area contributed by atoms with Crippen molar-refractivity contribution < 1.29 is 0 Å². The maximum absolute atomic E-state index is 4.27. The molecule has 2 atom stereocenters. The highest BCUT2D eigenvalue weighted by atomic mass is 15.2. The maximum atomic E-state index is 4.27. The van der Waals surface area contributed by atoms with Crippen molar-refractivity contribution in [1.82, 2.24) is 10.3 Å². The molecule has 3 heteroatoms. The van der Waals surface area contributed by atoms with Crippen LogP contribution in [0.5, 0.6) is 0 Å². The minimum absolute atomic E-state index is 0.661. The van der Waals surface area contributed by atoms with Crippen LogP contribution in [0.15, 0.2) is 18.5 Å². The largest absolute Gasteiger partial charge is 0.370 e. The van der Waals surface area contributed by atoms with Crippen LogP contribution in [0, 0.1) is 12.8 Å². The summed E-state index contributed by atoms with van der Waals surface area (Å²) in [5.41, 5.74) is 2.50. The summed E-state index contributed by atoms with van der Waals surface area (Å²) in [6.07, 6.45) is 5.10. The second-order valence-corrected chi connectivity index (χ2v) is 4.83. The van der Waals surface area contributed by atoms with Gasteiger partial charge in [-0.05, 0) is 37.9 Å². The fraction of sp³-hybridized carbons (Fsp3) is 0.615. The first-order valence-corrected chi connectivity index (χ1v) is 6.04. The molecule has 1 fully saturated rings. The number of rotatable bonds is 2. The van der Waals surface area contributed by atoms with Crippen LogP contribution in [-0.2, 0) is 0 Å². The number of piperidine rings is 1. The van der Waals surface area contributed by atoms with Gasteiger partial charge in [0.05, 0.1) is 11.9 Å². The van der Waals surface area contributed by atoms with Crippen molar-refractivity contribution in [3.05, 3.63) is 24.0 Å². The lowest BCUT2D eigenvalue weighted by Gasteiger charge is -2.38.